The van der Waals surface area contributed by atoms with E-state index in [1.807, 2.05) is 44.2 Å². The zero-order valence-electron chi connectivity index (χ0n) is 14.1. The molecule has 8 heteroatoms. The summed E-state index contributed by atoms with van der Waals surface area (Å²) in [4.78, 5) is 14.4. The summed E-state index contributed by atoms with van der Waals surface area (Å²) in [5.41, 5.74) is 15.0. The molecule has 0 aliphatic carbocycles. The van der Waals surface area contributed by atoms with Gasteiger partial charge in [0.1, 0.15) is 12.4 Å². The zero-order valence-corrected chi connectivity index (χ0v) is 14.1. The fraction of sp³-hybridized carbons (Fsp3) is 0.235. The Balaban J connectivity index is 2.26. The first-order valence-corrected chi connectivity index (χ1v) is 7.61. The van der Waals surface area contributed by atoms with Gasteiger partial charge in [-0.15, -0.1) is 0 Å². The summed E-state index contributed by atoms with van der Waals surface area (Å²) in [6.45, 7) is 4.07. The maximum absolute atomic E-state index is 10.4. The van der Waals surface area contributed by atoms with Crippen LogP contribution in [-0.4, -0.2) is 11.0 Å². The lowest BCUT2D eigenvalue weighted by Gasteiger charge is -2.23. The van der Waals surface area contributed by atoms with Crippen LogP contribution in [0.25, 0.3) is 0 Å². The van der Waals surface area contributed by atoms with E-state index in [4.69, 9.17) is 16.2 Å². The Morgan fingerprint density at radius 2 is 1.96 bits per heavy atom. The van der Waals surface area contributed by atoms with Gasteiger partial charge in [0, 0.05) is 11.1 Å². The number of benzene rings is 2. The minimum atomic E-state index is -0.774. The van der Waals surface area contributed by atoms with Crippen LogP contribution in [0, 0.1) is 10.1 Å². The highest BCUT2D eigenvalue weighted by atomic mass is 16.7. The van der Waals surface area contributed by atoms with E-state index < -0.39 is 10.6 Å². The zero-order chi connectivity index (χ0) is 18.4. The summed E-state index contributed by atoms with van der Waals surface area (Å²) >= 11 is 0. The van der Waals surface area contributed by atoms with E-state index in [9.17, 15) is 10.1 Å². The fourth-order valence-electron chi connectivity index (χ4n) is 2.21. The van der Waals surface area contributed by atoms with Crippen LogP contribution in [0.2, 0.25) is 0 Å². The van der Waals surface area contributed by atoms with E-state index in [2.05, 4.69) is 4.99 Å². The van der Waals surface area contributed by atoms with E-state index >= 15 is 0 Å². The van der Waals surface area contributed by atoms with Gasteiger partial charge in [-0.05, 0) is 37.6 Å². The van der Waals surface area contributed by atoms with Gasteiger partial charge in [0.25, 0.3) is 5.96 Å². The van der Waals surface area contributed by atoms with Crippen molar-refractivity contribution in [3.05, 3.63) is 69.8 Å². The van der Waals surface area contributed by atoms with Crippen LogP contribution < -0.4 is 21.6 Å². The largest absolute Gasteiger partial charge is 0.489 e. The molecule has 8 nitrogen and oxygen atoms in total. The molecule has 0 saturated carbocycles. The molecule has 0 bridgehead atoms. The van der Waals surface area contributed by atoms with Crippen molar-refractivity contribution in [2.75, 3.05) is 0 Å². The Morgan fingerprint density at radius 1 is 1.28 bits per heavy atom. The van der Waals surface area contributed by atoms with Crippen molar-refractivity contribution in [2.24, 2.45) is 16.5 Å². The first-order chi connectivity index (χ1) is 11.8. The van der Waals surface area contributed by atoms with Crippen molar-refractivity contribution in [2.45, 2.75) is 26.0 Å². The summed E-state index contributed by atoms with van der Waals surface area (Å²) in [6.07, 6.45) is 0. The molecule has 0 amide bonds. The molecule has 2 rings (SSSR count). The molecule has 0 radical (unpaired) electrons. The predicted molar refractivity (Wildman–Crippen MR) is 95.8 cm³/mol. The number of nitrogens with zero attached hydrogens (tertiary/aromatic N) is 2. The second-order valence-electron chi connectivity index (χ2n) is 6.04. The molecule has 0 fully saturated rings. The van der Waals surface area contributed by atoms with Gasteiger partial charge in [0.15, 0.2) is 5.03 Å². The lowest BCUT2D eigenvalue weighted by Crippen LogP contribution is -2.35. The fourth-order valence-corrected chi connectivity index (χ4v) is 2.21. The van der Waals surface area contributed by atoms with Crippen LogP contribution >= 0.6 is 0 Å². The summed E-state index contributed by atoms with van der Waals surface area (Å²) in [5.74, 6) is 0.305. The smallest absolute Gasteiger partial charge is 0.256 e. The third-order valence-corrected chi connectivity index (χ3v) is 3.35. The summed E-state index contributed by atoms with van der Waals surface area (Å²) in [7, 11) is 0. The van der Waals surface area contributed by atoms with Crippen molar-refractivity contribution in [1.82, 2.24) is 5.43 Å². The average Bonchev–Trinajstić information content (AvgIpc) is 2.53. The van der Waals surface area contributed by atoms with Crippen LogP contribution in [0.1, 0.15) is 25.0 Å². The third kappa shape index (κ3) is 5.47. The number of nitro groups is 1. The molecule has 0 spiro atoms. The number of hydrazine groups is 1. The van der Waals surface area contributed by atoms with Crippen LogP contribution in [-0.2, 0) is 12.1 Å². The molecule has 0 saturated heterocycles. The molecular weight excluding hydrogens is 322 g/mol. The number of nitrogens with two attached hydrogens (primary N) is 2. The van der Waals surface area contributed by atoms with E-state index in [0.717, 1.165) is 11.1 Å². The van der Waals surface area contributed by atoms with Crippen molar-refractivity contribution in [1.29, 1.82) is 0 Å². The van der Waals surface area contributed by atoms with Crippen LogP contribution in [0.3, 0.4) is 0 Å². The Kier molecular flexibility index (Phi) is 5.56. The van der Waals surface area contributed by atoms with Crippen LogP contribution in [0.5, 0.6) is 5.75 Å². The van der Waals surface area contributed by atoms with Gasteiger partial charge in [-0.25, -0.2) is 15.1 Å². The molecular formula is C17H21N5O3. The molecule has 0 atom stereocenters. The highest BCUT2D eigenvalue weighted by Gasteiger charge is 2.20. The van der Waals surface area contributed by atoms with Gasteiger partial charge in [-0.3, -0.25) is 0 Å². The van der Waals surface area contributed by atoms with Crippen molar-refractivity contribution < 1.29 is 9.77 Å². The average molecular weight is 343 g/mol. The number of rotatable bonds is 6. The van der Waals surface area contributed by atoms with Crippen molar-refractivity contribution in [3.8, 4) is 5.75 Å². The molecule has 0 aromatic heterocycles. The Labute approximate surface area is 145 Å². The summed E-state index contributed by atoms with van der Waals surface area (Å²) in [5, 5.41) is 9.62. The first-order valence-electron chi connectivity index (χ1n) is 7.61. The van der Waals surface area contributed by atoms with Crippen LogP contribution in [0.15, 0.2) is 53.5 Å². The molecule has 0 heterocycles. The number of aliphatic imine (C=N–C) groups is 1. The Hall–Kier alpha value is -3.13. The molecule has 0 unspecified atom stereocenters. The minimum absolute atomic E-state index is 0.316. The second kappa shape index (κ2) is 7.63. The Morgan fingerprint density at radius 3 is 2.56 bits per heavy atom. The Bertz CT molecular complexity index is 770. The monoisotopic (exact) mass is 343 g/mol. The molecule has 25 heavy (non-hydrogen) atoms. The lowest BCUT2D eigenvalue weighted by atomic mass is 9.94. The normalized spacial score (nSPS) is 11.9. The van der Waals surface area contributed by atoms with E-state index in [1.54, 1.807) is 23.6 Å². The molecule has 2 aromatic rings. The van der Waals surface area contributed by atoms with Crippen LogP contribution in [0.4, 0.5) is 5.69 Å². The van der Waals surface area contributed by atoms with Crippen molar-refractivity contribution >= 4 is 11.6 Å². The molecule has 0 aliphatic heterocycles. The standard InChI is InChI=1S/C17H21N5O3/c1-17(2,19)14-10-13(20-16(18)21-22(23)24)8-9-15(14)25-11-12-6-4-3-5-7-12/h3-10H,11,19H2,1-2H3,(H3,18,20,21). The highest BCUT2D eigenvalue weighted by molar-refractivity contribution is 5.79. The molecule has 132 valence electrons. The lowest BCUT2D eigenvalue weighted by molar-refractivity contribution is -0.525. The van der Waals surface area contributed by atoms with Gasteiger partial charge in [0.2, 0.25) is 0 Å². The predicted octanol–water partition coefficient (Wildman–Crippen LogP) is 2.19. The first kappa shape index (κ1) is 18.2. The number of hydrogen-bond donors (Lipinski definition) is 3. The topological polar surface area (TPSA) is 129 Å². The molecule has 5 N–H and O–H groups in total. The highest BCUT2D eigenvalue weighted by Crippen LogP contribution is 2.32. The quantitative estimate of drug-likeness (QED) is 0.319. The van der Waals surface area contributed by atoms with Gasteiger partial charge in [-0.2, -0.15) is 0 Å². The van der Waals surface area contributed by atoms with E-state index in [1.165, 1.54) is 0 Å². The van der Waals surface area contributed by atoms with Gasteiger partial charge in [0.05, 0.1) is 5.69 Å². The molecule has 0 aliphatic rings. The SMILES string of the molecule is CC(C)(N)c1cc(N=C(N)N[N+](=O)[O-])ccc1OCc1ccccc1. The number of guanidine groups is 1. The third-order valence-electron chi connectivity index (χ3n) is 3.35. The van der Waals surface area contributed by atoms with Gasteiger partial charge in [-0.1, -0.05) is 35.8 Å². The van der Waals surface area contributed by atoms with E-state index in [0.29, 0.717) is 18.0 Å². The van der Waals surface area contributed by atoms with Gasteiger partial charge < -0.3 is 16.2 Å². The van der Waals surface area contributed by atoms with Crippen molar-refractivity contribution in [3.63, 3.8) is 0 Å². The maximum Gasteiger partial charge on any atom is 0.256 e. The summed E-state index contributed by atoms with van der Waals surface area (Å²) < 4.78 is 5.89. The number of nitrogens with one attached hydrogen (secondary N) is 1. The van der Waals surface area contributed by atoms with Gasteiger partial charge >= 0.3 is 0 Å². The number of ether oxygens (including phenoxy) is 1. The number of hydrogen-bond acceptors (Lipinski definition) is 5. The summed E-state index contributed by atoms with van der Waals surface area (Å²) in [6, 6.07) is 14.8. The van der Waals surface area contributed by atoms with E-state index in [-0.39, 0.29) is 5.96 Å². The minimum Gasteiger partial charge on any atom is -0.489 e. The second-order valence-corrected chi connectivity index (χ2v) is 6.04. The molecule has 2 aromatic carbocycles. The maximum atomic E-state index is 10.4.